The molecule has 2 aromatic rings. The average molecular weight is 374 g/mol. The van der Waals surface area contributed by atoms with Gasteiger partial charge in [-0.15, -0.1) is 0 Å². The van der Waals surface area contributed by atoms with E-state index in [1.807, 2.05) is 0 Å². The van der Waals surface area contributed by atoms with E-state index in [1.165, 1.54) is 7.11 Å². The number of methoxy groups -OCH3 is 1. The normalized spacial score (nSPS) is 12.0. The summed E-state index contributed by atoms with van der Waals surface area (Å²) in [7, 11) is -2.06. The molecule has 1 aromatic carbocycles. The summed E-state index contributed by atoms with van der Waals surface area (Å²) in [5, 5.41) is 1.16. The van der Waals surface area contributed by atoms with Crippen LogP contribution in [0.2, 0.25) is 5.02 Å². The largest absolute Gasteiger partial charge is 0.495 e. The number of benzene rings is 1. The monoisotopic (exact) mass is 373 g/mol. The number of hydrogen-bond donors (Lipinski definition) is 3. The summed E-state index contributed by atoms with van der Waals surface area (Å²) in [6.07, 6.45) is 0.259. The zero-order valence-corrected chi connectivity index (χ0v) is 15.2. The maximum absolute atomic E-state index is 12.1. The van der Waals surface area contributed by atoms with Gasteiger partial charge in [-0.05, 0) is 38.5 Å². The van der Waals surface area contributed by atoms with E-state index < -0.39 is 10.2 Å². The number of nitrogens with one attached hydrogen (secondary N) is 3. The number of aromatic amines is 1. The van der Waals surface area contributed by atoms with Crippen LogP contribution in [0.15, 0.2) is 23.0 Å². The topological polar surface area (TPSA) is 100 Å². The second-order valence-electron chi connectivity index (χ2n) is 5.62. The van der Waals surface area contributed by atoms with Gasteiger partial charge in [0.1, 0.15) is 5.75 Å². The first-order valence-corrected chi connectivity index (χ1v) is 9.24. The molecule has 0 radical (unpaired) electrons. The molecule has 0 atom stereocenters. The van der Waals surface area contributed by atoms with Crippen molar-refractivity contribution in [2.75, 3.05) is 13.7 Å². The van der Waals surface area contributed by atoms with Gasteiger partial charge < -0.3 is 9.72 Å². The van der Waals surface area contributed by atoms with Crippen LogP contribution in [0.5, 0.6) is 5.75 Å². The summed E-state index contributed by atoms with van der Waals surface area (Å²) in [5.41, 5.74) is 0.787. The number of H-pyrrole nitrogens is 1. The van der Waals surface area contributed by atoms with Gasteiger partial charge in [0.25, 0.3) is 15.8 Å². The fourth-order valence-corrected chi connectivity index (χ4v) is 3.58. The molecular weight excluding hydrogens is 354 g/mol. The van der Waals surface area contributed by atoms with Crippen molar-refractivity contribution in [3.8, 4) is 5.75 Å². The Morgan fingerprint density at radius 1 is 1.29 bits per heavy atom. The van der Waals surface area contributed by atoms with Gasteiger partial charge in [0.15, 0.2) is 0 Å². The van der Waals surface area contributed by atoms with Crippen LogP contribution in [-0.4, -0.2) is 33.1 Å². The fraction of sp³-hybridized carbons (Fsp3) is 0.400. The smallest absolute Gasteiger partial charge is 0.277 e. The molecule has 0 aliphatic rings. The number of ether oxygens (including phenoxy) is 1. The summed E-state index contributed by atoms with van der Waals surface area (Å²) in [4.78, 5) is 14.9. The number of fused-ring (bicyclic) bond motifs is 1. The summed E-state index contributed by atoms with van der Waals surface area (Å²) in [6.45, 7) is 3.57. The van der Waals surface area contributed by atoms with Crippen molar-refractivity contribution >= 4 is 32.7 Å². The third-order valence-corrected chi connectivity index (χ3v) is 4.93. The summed E-state index contributed by atoms with van der Waals surface area (Å²) in [5.74, 6) is 0.504. The molecule has 132 valence electrons. The third kappa shape index (κ3) is 4.70. The lowest BCUT2D eigenvalue weighted by molar-refractivity contribution is 0.415. The highest BCUT2D eigenvalue weighted by molar-refractivity contribution is 7.87. The lowest BCUT2D eigenvalue weighted by Crippen LogP contribution is -2.41. The lowest BCUT2D eigenvalue weighted by atomic mass is 10.1. The van der Waals surface area contributed by atoms with Crippen LogP contribution in [-0.2, 0) is 16.6 Å². The van der Waals surface area contributed by atoms with Crippen LogP contribution in [0, 0.1) is 0 Å². The van der Waals surface area contributed by atoms with Gasteiger partial charge in [0.05, 0.1) is 17.6 Å². The molecule has 7 nitrogen and oxygen atoms in total. The van der Waals surface area contributed by atoms with Crippen LogP contribution in [0.3, 0.4) is 0 Å². The Kier molecular flexibility index (Phi) is 5.87. The van der Waals surface area contributed by atoms with Gasteiger partial charge in [-0.25, -0.2) is 4.72 Å². The third-order valence-electron chi connectivity index (χ3n) is 3.27. The predicted octanol–water partition coefficient (Wildman–Crippen LogP) is 1.56. The molecular formula is C15H20ClN3O4S. The lowest BCUT2D eigenvalue weighted by Gasteiger charge is -2.11. The van der Waals surface area contributed by atoms with Crippen LogP contribution in [0.1, 0.15) is 19.4 Å². The van der Waals surface area contributed by atoms with E-state index in [4.69, 9.17) is 16.3 Å². The Bertz CT molecular complexity index is 893. The van der Waals surface area contributed by atoms with Crippen molar-refractivity contribution in [2.45, 2.75) is 26.3 Å². The molecule has 0 fully saturated rings. The van der Waals surface area contributed by atoms with E-state index in [0.29, 0.717) is 21.9 Å². The SMILES string of the molecule is COc1cc2cc(CCNS(=O)(=O)NC(C)C)c(=O)[nH]c2cc1Cl. The van der Waals surface area contributed by atoms with E-state index in [-0.39, 0.29) is 24.6 Å². The second kappa shape index (κ2) is 7.52. The quantitative estimate of drug-likeness (QED) is 0.685. The Balaban J connectivity index is 2.19. The second-order valence-corrected chi connectivity index (χ2v) is 7.56. The molecule has 0 aliphatic heterocycles. The van der Waals surface area contributed by atoms with Gasteiger partial charge in [0, 0.05) is 23.5 Å². The van der Waals surface area contributed by atoms with Crippen LogP contribution in [0.25, 0.3) is 10.9 Å². The summed E-state index contributed by atoms with van der Waals surface area (Å²) in [6, 6.07) is 4.85. The molecule has 0 saturated carbocycles. The highest BCUT2D eigenvalue weighted by Crippen LogP contribution is 2.28. The first-order chi connectivity index (χ1) is 11.2. The number of halogens is 1. The first-order valence-electron chi connectivity index (χ1n) is 7.38. The van der Waals surface area contributed by atoms with Gasteiger partial charge in [-0.3, -0.25) is 4.79 Å². The highest BCUT2D eigenvalue weighted by atomic mass is 35.5. The molecule has 0 aliphatic carbocycles. The first kappa shape index (κ1) is 18.7. The van der Waals surface area contributed by atoms with Crippen LogP contribution < -0.4 is 19.7 Å². The molecule has 24 heavy (non-hydrogen) atoms. The predicted molar refractivity (Wildman–Crippen MR) is 95.0 cm³/mol. The average Bonchev–Trinajstić information content (AvgIpc) is 2.46. The van der Waals surface area contributed by atoms with Crippen LogP contribution in [0.4, 0.5) is 0 Å². The molecule has 2 rings (SSSR count). The van der Waals surface area contributed by atoms with E-state index in [0.717, 1.165) is 5.39 Å². The highest BCUT2D eigenvalue weighted by Gasteiger charge is 2.12. The zero-order valence-electron chi connectivity index (χ0n) is 13.6. The molecule has 0 amide bonds. The minimum Gasteiger partial charge on any atom is -0.495 e. The molecule has 3 N–H and O–H groups in total. The van der Waals surface area contributed by atoms with E-state index in [2.05, 4.69) is 14.4 Å². The van der Waals surface area contributed by atoms with Crippen molar-refractivity contribution in [2.24, 2.45) is 0 Å². The number of aromatic nitrogens is 1. The minimum atomic E-state index is -3.57. The molecule has 1 aromatic heterocycles. The van der Waals surface area contributed by atoms with Crippen molar-refractivity contribution < 1.29 is 13.2 Å². The number of rotatable bonds is 7. The maximum Gasteiger partial charge on any atom is 0.277 e. The minimum absolute atomic E-state index is 0.112. The van der Waals surface area contributed by atoms with Crippen LogP contribution >= 0.6 is 11.6 Å². The Hall–Kier alpha value is -1.61. The summed E-state index contributed by atoms with van der Waals surface area (Å²) < 4.78 is 33.4. The van der Waals surface area contributed by atoms with E-state index in [1.54, 1.807) is 32.0 Å². The fourth-order valence-electron chi connectivity index (χ4n) is 2.27. The number of hydrogen-bond acceptors (Lipinski definition) is 4. The van der Waals surface area contributed by atoms with Gasteiger partial charge >= 0.3 is 0 Å². The molecule has 9 heteroatoms. The molecule has 0 bridgehead atoms. The van der Waals surface area contributed by atoms with Crippen molar-refractivity contribution in [1.29, 1.82) is 0 Å². The van der Waals surface area contributed by atoms with Gasteiger partial charge in [-0.2, -0.15) is 13.1 Å². The van der Waals surface area contributed by atoms with Crippen molar-refractivity contribution in [3.63, 3.8) is 0 Å². The Labute approximate surface area is 145 Å². The van der Waals surface area contributed by atoms with E-state index in [9.17, 15) is 13.2 Å². The van der Waals surface area contributed by atoms with Gasteiger partial charge in [0.2, 0.25) is 0 Å². The standard InChI is InChI=1S/C15H20ClN3O4S/c1-9(2)19-24(21,22)17-5-4-10-6-11-7-14(23-3)12(16)8-13(11)18-15(10)20/h6-9,17,19H,4-5H2,1-3H3,(H,18,20). The Morgan fingerprint density at radius 3 is 2.62 bits per heavy atom. The Morgan fingerprint density at radius 2 is 2.00 bits per heavy atom. The van der Waals surface area contributed by atoms with E-state index >= 15 is 0 Å². The van der Waals surface area contributed by atoms with Crippen molar-refractivity contribution in [1.82, 2.24) is 14.4 Å². The van der Waals surface area contributed by atoms with Crippen molar-refractivity contribution in [3.05, 3.63) is 39.1 Å². The maximum atomic E-state index is 12.1. The molecule has 0 unspecified atom stereocenters. The summed E-state index contributed by atoms with van der Waals surface area (Å²) >= 11 is 6.04. The molecule has 0 spiro atoms. The molecule has 0 saturated heterocycles. The number of pyridine rings is 1. The molecule has 1 heterocycles. The zero-order chi connectivity index (χ0) is 17.9. The van der Waals surface area contributed by atoms with Gasteiger partial charge in [-0.1, -0.05) is 11.6 Å².